The Kier molecular flexibility index (Phi) is 35.6. The number of rotatable bonds is 37. The van der Waals surface area contributed by atoms with E-state index in [0.29, 0.717) is 30.3 Å². The highest BCUT2D eigenvalue weighted by molar-refractivity contribution is 7.47. The van der Waals surface area contributed by atoms with E-state index in [4.69, 9.17) is 18.5 Å². The fourth-order valence-corrected chi connectivity index (χ4v) is 5.87. The second-order valence-electron chi connectivity index (χ2n) is 15.2. The van der Waals surface area contributed by atoms with E-state index in [-0.39, 0.29) is 26.1 Å². The van der Waals surface area contributed by atoms with Crippen LogP contribution in [0.2, 0.25) is 0 Å². The molecule has 0 amide bonds. The first kappa shape index (κ1) is 54.2. The summed E-state index contributed by atoms with van der Waals surface area (Å²) >= 11 is 0. The van der Waals surface area contributed by atoms with Crippen molar-refractivity contribution in [1.29, 1.82) is 0 Å². The van der Waals surface area contributed by atoms with Gasteiger partial charge in [0.05, 0.1) is 33.9 Å². The Bertz CT molecular complexity index is 1260. The van der Waals surface area contributed by atoms with E-state index in [1.54, 1.807) is 12.2 Å². The number of phosphoric acid groups is 1. The van der Waals surface area contributed by atoms with Gasteiger partial charge >= 0.3 is 19.8 Å². The van der Waals surface area contributed by atoms with E-state index in [2.05, 4.69) is 74.6 Å². The summed E-state index contributed by atoms with van der Waals surface area (Å²) in [5.41, 5.74) is 0. The summed E-state index contributed by atoms with van der Waals surface area (Å²) < 4.78 is 34.1. The molecule has 0 aromatic rings. The Labute approximate surface area is 346 Å². The molecule has 0 radical (unpaired) electrons. The topological polar surface area (TPSA) is 129 Å². The van der Waals surface area contributed by atoms with E-state index in [0.717, 1.165) is 70.6 Å². The Balaban J connectivity index is 4.63. The van der Waals surface area contributed by atoms with Gasteiger partial charge in [0.2, 0.25) is 0 Å². The Morgan fingerprint density at radius 2 is 1.21 bits per heavy atom. The van der Waals surface area contributed by atoms with Crippen LogP contribution in [0.1, 0.15) is 136 Å². The largest absolute Gasteiger partial charge is 0.472 e. The number of nitrogens with zero attached hydrogens (tertiary/aromatic N) is 1. The monoisotopic (exact) mass is 821 g/mol. The molecule has 57 heavy (non-hydrogen) atoms. The van der Waals surface area contributed by atoms with Crippen molar-refractivity contribution in [2.24, 2.45) is 0 Å². The van der Waals surface area contributed by atoms with Crippen LogP contribution >= 0.6 is 7.82 Å². The van der Waals surface area contributed by atoms with Crippen LogP contribution in [0.3, 0.4) is 0 Å². The highest BCUT2D eigenvalue weighted by atomic mass is 31.2. The maximum atomic E-state index is 12.7. The summed E-state index contributed by atoms with van der Waals surface area (Å²) in [6, 6.07) is 0. The van der Waals surface area contributed by atoms with Gasteiger partial charge in [-0.05, 0) is 77.0 Å². The third-order valence-corrected chi connectivity index (χ3v) is 9.50. The molecular weight excluding hydrogens is 741 g/mol. The number of hydrogen-bond acceptors (Lipinski definition) is 8. The van der Waals surface area contributed by atoms with Gasteiger partial charge in [-0.25, -0.2) is 4.57 Å². The quantitative estimate of drug-likeness (QED) is 0.0157. The molecule has 0 bridgehead atoms. The summed E-state index contributed by atoms with van der Waals surface area (Å²) in [5, 5.41) is 10.3. The molecule has 2 unspecified atom stereocenters. The number of allylic oxidation sites excluding steroid dienone is 13. The maximum Gasteiger partial charge on any atom is 0.472 e. The van der Waals surface area contributed by atoms with Crippen molar-refractivity contribution >= 4 is 19.8 Å². The van der Waals surface area contributed by atoms with Gasteiger partial charge in [-0.3, -0.25) is 18.6 Å². The van der Waals surface area contributed by atoms with Gasteiger partial charge < -0.3 is 24.0 Å². The highest BCUT2D eigenvalue weighted by Gasteiger charge is 2.27. The van der Waals surface area contributed by atoms with Crippen LogP contribution in [0.25, 0.3) is 0 Å². The predicted molar refractivity (Wildman–Crippen MR) is 235 cm³/mol. The lowest BCUT2D eigenvalue weighted by atomic mass is 10.1. The number of ether oxygens (including phenoxy) is 2. The SMILES string of the molecule is CC/C=C\C/C=C\C/C=C\C/C=C\C=C\C(O)CCCC(=O)O[C@H](COC(=O)CCCCCCC/C=C\C/C=C\CCCCC)COP(=O)(O)OCC[N+](C)(C)C. The predicted octanol–water partition coefficient (Wildman–Crippen LogP) is 11.0. The summed E-state index contributed by atoms with van der Waals surface area (Å²) in [6.07, 6.45) is 43.8. The highest BCUT2D eigenvalue weighted by Crippen LogP contribution is 2.43. The molecule has 0 aliphatic carbocycles. The van der Waals surface area contributed by atoms with Crippen molar-refractivity contribution in [3.8, 4) is 0 Å². The zero-order valence-corrected chi connectivity index (χ0v) is 37.0. The normalized spacial score (nSPS) is 15.0. The van der Waals surface area contributed by atoms with E-state index in [9.17, 15) is 24.2 Å². The number of hydrogen-bond donors (Lipinski definition) is 2. The molecule has 11 heteroatoms. The van der Waals surface area contributed by atoms with Crippen molar-refractivity contribution < 1.29 is 47.2 Å². The third kappa shape index (κ3) is 41.1. The van der Waals surface area contributed by atoms with Crippen molar-refractivity contribution in [3.63, 3.8) is 0 Å². The molecule has 2 N–H and O–H groups in total. The van der Waals surface area contributed by atoms with Gasteiger partial charge in [-0.15, -0.1) is 0 Å². The first-order valence-electron chi connectivity index (χ1n) is 21.4. The molecule has 0 aromatic carbocycles. The number of unbranched alkanes of at least 4 members (excludes halogenated alkanes) is 8. The van der Waals surface area contributed by atoms with Gasteiger partial charge in [0, 0.05) is 12.8 Å². The van der Waals surface area contributed by atoms with Crippen LogP contribution in [-0.2, 0) is 32.7 Å². The molecule has 0 rings (SSSR count). The molecule has 0 aromatic heterocycles. The number of carbonyl (C=O) groups is 2. The van der Waals surface area contributed by atoms with Gasteiger partial charge in [0.25, 0.3) is 0 Å². The van der Waals surface area contributed by atoms with Crippen molar-refractivity contribution in [1.82, 2.24) is 0 Å². The number of esters is 2. The fraction of sp³-hybridized carbons (Fsp3) is 0.652. The molecule has 0 heterocycles. The summed E-state index contributed by atoms with van der Waals surface area (Å²) in [6.45, 7) is 4.00. The first-order valence-corrected chi connectivity index (χ1v) is 22.9. The number of phosphoric ester groups is 1. The first-order chi connectivity index (χ1) is 27.4. The molecule has 0 spiro atoms. The average Bonchev–Trinajstić information content (AvgIpc) is 3.15. The maximum absolute atomic E-state index is 12.7. The molecule has 0 saturated heterocycles. The van der Waals surface area contributed by atoms with Gasteiger partial charge in [-0.1, -0.05) is 131 Å². The number of aliphatic hydroxyl groups excluding tert-OH is 1. The molecule has 10 nitrogen and oxygen atoms in total. The number of aliphatic hydroxyl groups is 1. The fourth-order valence-electron chi connectivity index (χ4n) is 5.13. The summed E-state index contributed by atoms with van der Waals surface area (Å²) in [4.78, 5) is 35.3. The minimum absolute atomic E-state index is 0.00205. The van der Waals surface area contributed by atoms with Gasteiger partial charge in [-0.2, -0.15) is 0 Å². The molecule has 0 saturated carbocycles. The number of quaternary nitrogens is 1. The van der Waals surface area contributed by atoms with E-state index in [1.165, 1.54) is 19.3 Å². The van der Waals surface area contributed by atoms with E-state index < -0.39 is 38.6 Å². The van der Waals surface area contributed by atoms with Crippen LogP contribution in [0.15, 0.2) is 85.1 Å². The average molecular weight is 821 g/mol. The molecule has 0 aliphatic rings. The summed E-state index contributed by atoms with van der Waals surface area (Å²) in [5.74, 6) is -1.03. The summed E-state index contributed by atoms with van der Waals surface area (Å²) in [7, 11) is 1.33. The van der Waals surface area contributed by atoms with Crippen molar-refractivity contribution in [3.05, 3.63) is 85.1 Å². The smallest absolute Gasteiger partial charge is 0.462 e. The van der Waals surface area contributed by atoms with Crippen LogP contribution in [0, 0.1) is 0 Å². The minimum Gasteiger partial charge on any atom is -0.462 e. The van der Waals surface area contributed by atoms with Crippen LogP contribution < -0.4 is 0 Å². The Morgan fingerprint density at radius 1 is 0.649 bits per heavy atom. The lowest BCUT2D eigenvalue weighted by molar-refractivity contribution is -0.870. The van der Waals surface area contributed by atoms with Crippen LogP contribution in [-0.4, -0.2) is 86.1 Å². The third-order valence-electron chi connectivity index (χ3n) is 8.51. The second kappa shape index (κ2) is 37.4. The molecule has 0 aliphatic heterocycles. The molecule has 0 fully saturated rings. The Morgan fingerprint density at radius 3 is 1.84 bits per heavy atom. The number of carbonyl (C=O) groups excluding carboxylic acids is 2. The lowest BCUT2D eigenvalue weighted by Gasteiger charge is -2.24. The van der Waals surface area contributed by atoms with Crippen molar-refractivity contribution in [2.75, 3.05) is 47.5 Å². The molecular formula is C46H79NO9P+. The van der Waals surface area contributed by atoms with E-state index in [1.807, 2.05) is 33.3 Å². The van der Waals surface area contributed by atoms with Crippen LogP contribution in [0.5, 0.6) is 0 Å². The molecule has 3 atom stereocenters. The zero-order chi connectivity index (χ0) is 42.3. The Hall–Kier alpha value is -2.85. The van der Waals surface area contributed by atoms with Crippen LogP contribution in [0.4, 0.5) is 0 Å². The molecule has 326 valence electrons. The van der Waals surface area contributed by atoms with Gasteiger partial charge in [0.1, 0.15) is 19.8 Å². The minimum atomic E-state index is -4.44. The number of likely N-dealkylation sites (N-methyl/N-ethyl adjacent to an activating group) is 1. The lowest BCUT2D eigenvalue weighted by Crippen LogP contribution is -2.37. The second-order valence-corrected chi connectivity index (χ2v) is 16.6. The zero-order valence-electron chi connectivity index (χ0n) is 36.1. The standard InChI is InChI=1S/C46H78NO9P/c1-6-8-10-12-14-16-18-20-21-23-25-27-29-31-33-37-45(49)53-41-44(42-55-57(51,52)54-40-39-47(3,4)5)56-46(50)38-34-36-43(48)35-32-30-28-26-24-22-19-17-15-13-11-9-7-2/h9,11,14-17,20-22,24,28,30,32,35,43-44,48H,6-8,10,12-13,18-19,23,25-27,29,31,33-34,36-42H2,1-5H3/p+1/b11-9-,16-14-,17-15-,21-20-,24-22-,30-28-,35-32+/t43?,44-/m1/s1. The van der Waals surface area contributed by atoms with E-state index >= 15 is 0 Å². The van der Waals surface area contributed by atoms with Gasteiger partial charge in [0.15, 0.2) is 6.10 Å². The van der Waals surface area contributed by atoms with Crippen molar-refractivity contribution in [2.45, 2.75) is 148 Å².